The van der Waals surface area contributed by atoms with Gasteiger partial charge < -0.3 is 10.1 Å². The van der Waals surface area contributed by atoms with Gasteiger partial charge in [0.05, 0.1) is 10.6 Å². The minimum absolute atomic E-state index is 0.103. The van der Waals surface area contributed by atoms with E-state index in [4.69, 9.17) is 4.74 Å². The molecule has 0 bridgehead atoms. The topological polar surface area (TPSA) is 75.7 Å². The van der Waals surface area contributed by atoms with Gasteiger partial charge in [0.1, 0.15) is 5.75 Å². The van der Waals surface area contributed by atoms with Crippen molar-refractivity contribution in [1.82, 2.24) is 5.32 Å². The Hall–Kier alpha value is -3.32. The largest absolute Gasteiger partial charge is 0.484 e. The summed E-state index contributed by atoms with van der Waals surface area (Å²) in [6.45, 7) is 2.51. The Balaban J connectivity index is 1.54. The first-order valence-electron chi connectivity index (χ1n) is 10.1. The van der Waals surface area contributed by atoms with Gasteiger partial charge in [-0.05, 0) is 55.3 Å². The normalized spacial score (nSPS) is 11.0. The lowest BCUT2D eigenvalue weighted by molar-refractivity contribution is -0.123. The van der Waals surface area contributed by atoms with Crippen LogP contribution in [0.1, 0.15) is 12.5 Å². The molecular weight excluding hydrogens is 412 g/mol. The predicted molar refractivity (Wildman–Crippen MR) is 122 cm³/mol. The number of sulfonamides is 1. The molecule has 0 atom stereocenters. The summed E-state index contributed by atoms with van der Waals surface area (Å²) in [5, 5.41) is 2.83. The third-order valence-electron chi connectivity index (χ3n) is 4.69. The Morgan fingerprint density at radius 1 is 0.903 bits per heavy atom. The average molecular weight is 439 g/mol. The molecule has 0 radical (unpaired) electrons. The Bertz CT molecular complexity index is 1070. The maximum atomic E-state index is 12.9. The molecular formula is C24H26N2O4S. The Kier molecular flexibility index (Phi) is 7.67. The summed E-state index contributed by atoms with van der Waals surface area (Å²) in [5.41, 5.74) is 1.69. The highest BCUT2D eigenvalue weighted by Crippen LogP contribution is 2.25. The van der Waals surface area contributed by atoms with Crippen molar-refractivity contribution in [3.8, 4) is 5.75 Å². The van der Waals surface area contributed by atoms with Crippen molar-refractivity contribution < 1.29 is 17.9 Å². The van der Waals surface area contributed by atoms with Gasteiger partial charge in [-0.2, -0.15) is 0 Å². The van der Waals surface area contributed by atoms with Gasteiger partial charge >= 0.3 is 0 Å². The number of benzene rings is 3. The lowest BCUT2D eigenvalue weighted by Crippen LogP contribution is -2.31. The fraction of sp³-hybridized carbons (Fsp3) is 0.208. The van der Waals surface area contributed by atoms with Crippen molar-refractivity contribution in [2.24, 2.45) is 0 Å². The Morgan fingerprint density at radius 3 is 2.13 bits per heavy atom. The van der Waals surface area contributed by atoms with E-state index in [1.165, 1.54) is 4.31 Å². The van der Waals surface area contributed by atoms with E-state index >= 15 is 0 Å². The molecule has 0 saturated heterocycles. The molecule has 0 aliphatic carbocycles. The van der Waals surface area contributed by atoms with Gasteiger partial charge in [0.15, 0.2) is 6.61 Å². The first-order chi connectivity index (χ1) is 15.0. The second kappa shape index (κ2) is 10.6. The molecule has 0 aromatic heterocycles. The van der Waals surface area contributed by atoms with Gasteiger partial charge in [-0.3, -0.25) is 9.10 Å². The van der Waals surface area contributed by atoms with Crippen LogP contribution >= 0.6 is 0 Å². The number of nitrogens with zero attached hydrogens (tertiary/aromatic N) is 1. The van der Waals surface area contributed by atoms with E-state index in [-0.39, 0.29) is 17.4 Å². The lowest BCUT2D eigenvalue weighted by Gasteiger charge is -2.23. The lowest BCUT2D eigenvalue weighted by atomic mass is 10.1. The zero-order valence-electron chi connectivity index (χ0n) is 17.4. The molecule has 3 aromatic carbocycles. The van der Waals surface area contributed by atoms with Crippen LogP contribution in [-0.2, 0) is 21.2 Å². The van der Waals surface area contributed by atoms with Crippen molar-refractivity contribution >= 4 is 21.6 Å². The van der Waals surface area contributed by atoms with Gasteiger partial charge in [0, 0.05) is 13.1 Å². The van der Waals surface area contributed by atoms with Crippen LogP contribution in [0, 0.1) is 0 Å². The molecule has 0 spiro atoms. The number of carbonyl (C=O) groups excluding carboxylic acids is 1. The van der Waals surface area contributed by atoms with Crippen LogP contribution in [-0.4, -0.2) is 34.0 Å². The molecule has 3 rings (SSSR count). The molecule has 3 aromatic rings. The standard InChI is InChI=1S/C24H26N2O4S/c1-2-26(31(28,29)23-11-7-4-8-12-23)21-13-15-22(16-14-21)30-19-24(27)25-18-17-20-9-5-3-6-10-20/h3-16H,2,17-19H2,1H3,(H,25,27). The molecule has 1 N–H and O–H groups in total. The minimum Gasteiger partial charge on any atom is -0.484 e. The van der Waals surface area contributed by atoms with Crippen molar-refractivity contribution in [1.29, 1.82) is 0 Å². The SMILES string of the molecule is CCN(c1ccc(OCC(=O)NCCc2ccccc2)cc1)S(=O)(=O)c1ccccc1. The summed E-state index contributed by atoms with van der Waals surface area (Å²) in [5.74, 6) is 0.289. The van der Waals surface area contributed by atoms with E-state index in [0.717, 1.165) is 12.0 Å². The van der Waals surface area contributed by atoms with Crippen LogP contribution < -0.4 is 14.4 Å². The van der Waals surface area contributed by atoms with Gasteiger partial charge in [0.25, 0.3) is 15.9 Å². The monoisotopic (exact) mass is 438 g/mol. The second-order valence-corrected chi connectivity index (χ2v) is 8.71. The van der Waals surface area contributed by atoms with Crippen molar-refractivity contribution in [3.05, 3.63) is 90.5 Å². The van der Waals surface area contributed by atoms with Gasteiger partial charge in [-0.15, -0.1) is 0 Å². The van der Waals surface area contributed by atoms with Crippen LogP contribution in [0.2, 0.25) is 0 Å². The molecule has 31 heavy (non-hydrogen) atoms. The fourth-order valence-corrected chi connectivity index (χ4v) is 4.61. The number of rotatable bonds is 10. The van der Waals surface area contributed by atoms with Crippen LogP contribution in [0.15, 0.2) is 89.8 Å². The maximum Gasteiger partial charge on any atom is 0.264 e. The van der Waals surface area contributed by atoms with Crippen LogP contribution in [0.3, 0.4) is 0 Å². The quantitative estimate of drug-likeness (QED) is 0.524. The molecule has 0 aliphatic heterocycles. The third kappa shape index (κ3) is 6.08. The first kappa shape index (κ1) is 22.4. The highest BCUT2D eigenvalue weighted by Gasteiger charge is 2.23. The van der Waals surface area contributed by atoms with E-state index in [1.807, 2.05) is 30.3 Å². The number of nitrogens with one attached hydrogen (secondary N) is 1. The molecule has 0 aliphatic rings. The number of ether oxygens (including phenoxy) is 1. The Morgan fingerprint density at radius 2 is 1.52 bits per heavy atom. The van der Waals surface area contributed by atoms with E-state index < -0.39 is 10.0 Å². The third-order valence-corrected chi connectivity index (χ3v) is 6.61. The smallest absolute Gasteiger partial charge is 0.264 e. The molecule has 162 valence electrons. The Labute approximate surface area is 183 Å². The minimum atomic E-state index is -3.65. The van der Waals surface area contributed by atoms with E-state index in [0.29, 0.717) is 24.5 Å². The number of hydrogen-bond acceptors (Lipinski definition) is 4. The van der Waals surface area contributed by atoms with Crippen molar-refractivity contribution in [2.45, 2.75) is 18.2 Å². The number of carbonyl (C=O) groups is 1. The summed E-state index contributed by atoms with van der Waals surface area (Å²) < 4.78 is 32.7. The number of hydrogen-bond donors (Lipinski definition) is 1. The molecule has 6 nitrogen and oxygen atoms in total. The number of amides is 1. The summed E-state index contributed by atoms with van der Waals surface area (Å²) in [6, 6.07) is 24.9. The molecule has 7 heteroatoms. The summed E-state index contributed by atoms with van der Waals surface area (Å²) >= 11 is 0. The zero-order valence-corrected chi connectivity index (χ0v) is 18.2. The van der Waals surface area contributed by atoms with Gasteiger partial charge in [0.2, 0.25) is 0 Å². The van der Waals surface area contributed by atoms with Gasteiger partial charge in [-0.25, -0.2) is 8.42 Å². The fourth-order valence-electron chi connectivity index (χ4n) is 3.11. The first-order valence-corrected chi connectivity index (χ1v) is 11.6. The van der Waals surface area contributed by atoms with Crippen LogP contribution in [0.4, 0.5) is 5.69 Å². The molecule has 0 heterocycles. The second-order valence-electron chi connectivity index (χ2n) is 6.85. The maximum absolute atomic E-state index is 12.9. The highest BCUT2D eigenvalue weighted by atomic mass is 32.2. The van der Waals surface area contributed by atoms with E-state index in [9.17, 15) is 13.2 Å². The molecule has 0 unspecified atom stereocenters. The van der Waals surface area contributed by atoms with E-state index in [2.05, 4.69) is 5.32 Å². The highest BCUT2D eigenvalue weighted by molar-refractivity contribution is 7.92. The zero-order chi connectivity index (χ0) is 22.1. The average Bonchev–Trinajstić information content (AvgIpc) is 2.80. The summed E-state index contributed by atoms with van der Waals surface area (Å²) in [7, 11) is -3.65. The van der Waals surface area contributed by atoms with Crippen LogP contribution in [0.5, 0.6) is 5.75 Å². The predicted octanol–water partition coefficient (Wildman–Crippen LogP) is 3.64. The van der Waals surface area contributed by atoms with Crippen LogP contribution in [0.25, 0.3) is 0 Å². The molecule has 1 amide bonds. The molecule has 0 saturated carbocycles. The van der Waals surface area contributed by atoms with Crippen molar-refractivity contribution in [2.75, 3.05) is 24.0 Å². The summed E-state index contributed by atoms with van der Waals surface area (Å²) in [4.78, 5) is 12.2. The molecule has 0 fully saturated rings. The summed E-state index contributed by atoms with van der Waals surface area (Å²) in [6.07, 6.45) is 0.754. The van der Waals surface area contributed by atoms with Gasteiger partial charge in [-0.1, -0.05) is 48.5 Å². The van der Waals surface area contributed by atoms with E-state index in [1.54, 1.807) is 61.5 Å². The number of anilines is 1. The van der Waals surface area contributed by atoms with Crippen molar-refractivity contribution in [3.63, 3.8) is 0 Å².